The molecule has 1 aliphatic heterocycles. The Morgan fingerprint density at radius 3 is 2.68 bits per heavy atom. The highest BCUT2D eigenvalue weighted by atomic mass is 19.1. The molecule has 0 saturated carbocycles. The first-order valence-corrected chi connectivity index (χ1v) is 8.60. The Labute approximate surface area is 146 Å². The summed E-state index contributed by atoms with van der Waals surface area (Å²) in [6, 6.07) is 17.0. The average molecular weight is 337 g/mol. The van der Waals surface area contributed by atoms with Crippen LogP contribution < -0.4 is 0 Å². The third kappa shape index (κ3) is 3.77. The van der Waals surface area contributed by atoms with E-state index in [0.717, 1.165) is 30.6 Å². The predicted octanol–water partition coefficient (Wildman–Crippen LogP) is 3.79. The number of nitrogens with zero attached hydrogens (tertiary/aromatic N) is 3. The molecule has 0 radical (unpaired) electrons. The molecule has 4 rings (SSSR count). The van der Waals surface area contributed by atoms with Gasteiger partial charge in [0.05, 0.1) is 12.3 Å². The van der Waals surface area contributed by atoms with Crippen molar-refractivity contribution < 1.29 is 8.81 Å². The van der Waals surface area contributed by atoms with Crippen LogP contribution in [0, 0.1) is 5.82 Å². The van der Waals surface area contributed by atoms with Crippen molar-refractivity contribution >= 4 is 0 Å². The first kappa shape index (κ1) is 16.0. The molecule has 0 spiro atoms. The number of rotatable bonds is 5. The van der Waals surface area contributed by atoms with Crippen LogP contribution >= 0.6 is 0 Å². The fourth-order valence-electron chi connectivity index (χ4n) is 3.32. The van der Waals surface area contributed by atoms with Gasteiger partial charge in [0.2, 0.25) is 11.8 Å². The largest absolute Gasteiger partial charge is 0.425 e. The summed E-state index contributed by atoms with van der Waals surface area (Å²) >= 11 is 0. The lowest BCUT2D eigenvalue weighted by Crippen LogP contribution is -2.20. The van der Waals surface area contributed by atoms with Crippen LogP contribution in [0.25, 0.3) is 0 Å². The minimum Gasteiger partial charge on any atom is -0.425 e. The molecule has 0 bridgehead atoms. The highest BCUT2D eigenvalue weighted by Crippen LogP contribution is 2.28. The Hall–Kier alpha value is -2.53. The Kier molecular flexibility index (Phi) is 4.57. The van der Waals surface area contributed by atoms with Crippen molar-refractivity contribution in [2.24, 2.45) is 0 Å². The Morgan fingerprint density at radius 2 is 1.84 bits per heavy atom. The van der Waals surface area contributed by atoms with Gasteiger partial charge in [0, 0.05) is 18.7 Å². The number of halogens is 1. The van der Waals surface area contributed by atoms with Crippen LogP contribution in [-0.2, 0) is 13.0 Å². The van der Waals surface area contributed by atoms with Gasteiger partial charge in [-0.05, 0) is 24.6 Å². The maximum Gasteiger partial charge on any atom is 0.220 e. The fourth-order valence-corrected chi connectivity index (χ4v) is 3.32. The molecule has 2 heterocycles. The Morgan fingerprint density at radius 1 is 1.04 bits per heavy atom. The molecule has 5 heteroatoms. The molecular formula is C20H20FN3O. The van der Waals surface area contributed by atoms with Gasteiger partial charge >= 0.3 is 0 Å². The van der Waals surface area contributed by atoms with Gasteiger partial charge in [0.15, 0.2) is 0 Å². The van der Waals surface area contributed by atoms with Crippen LogP contribution in [-0.4, -0.2) is 28.2 Å². The van der Waals surface area contributed by atoms with Crippen molar-refractivity contribution in [1.29, 1.82) is 0 Å². The number of hydrogen-bond donors (Lipinski definition) is 0. The van der Waals surface area contributed by atoms with Crippen molar-refractivity contribution in [3.05, 3.63) is 83.3 Å². The smallest absolute Gasteiger partial charge is 0.220 e. The zero-order valence-electron chi connectivity index (χ0n) is 13.9. The monoisotopic (exact) mass is 337 g/mol. The van der Waals surface area contributed by atoms with Crippen LogP contribution in [0.3, 0.4) is 0 Å². The van der Waals surface area contributed by atoms with E-state index in [-0.39, 0.29) is 11.7 Å². The van der Waals surface area contributed by atoms with E-state index < -0.39 is 0 Å². The summed E-state index contributed by atoms with van der Waals surface area (Å²) in [5.41, 5.74) is 1.89. The van der Waals surface area contributed by atoms with Crippen LogP contribution in [0.4, 0.5) is 4.39 Å². The zero-order valence-corrected chi connectivity index (χ0v) is 13.9. The fraction of sp³-hybridized carbons (Fsp3) is 0.300. The number of hydrogen-bond acceptors (Lipinski definition) is 4. The molecule has 3 aromatic rings. The molecule has 1 unspecified atom stereocenters. The van der Waals surface area contributed by atoms with Gasteiger partial charge in [-0.25, -0.2) is 4.39 Å². The first-order valence-electron chi connectivity index (χ1n) is 8.60. The first-order chi connectivity index (χ1) is 12.3. The zero-order chi connectivity index (χ0) is 17.1. The molecule has 0 amide bonds. The van der Waals surface area contributed by atoms with Gasteiger partial charge in [0.1, 0.15) is 5.82 Å². The van der Waals surface area contributed by atoms with Gasteiger partial charge in [-0.2, -0.15) is 0 Å². The van der Waals surface area contributed by atoms with E-state index in [1.165, 1.54) is 6.07 Å². The lowest BCUT2D eigenvalue weighted by molar-refractivity contribution is 0.313. The highest BCUT2D eigenvalue weighted by Gasteiger charge is 2.28. The molecule has 2 aromatic carbocycles. The number of benzene rings is 2. The van der Waals surface area contributed by atoms with Gasteiger partial charge in [0.25, 0.3) is 0 Å². The van der Waals surface area contributed by atoms with Crippen molar-refractivity contribution in [3.8, 4) is 0 Å². The van der Waals surface area contributed by atoms with E-state index in [9.17, 15) is 4.39 Å². The molecule has 1 saturated heterocycles. The molecule has 1 fully saturated rings. The molecular weight excluding hydrogens is 317 g/mol. The second-order valence-corrected chi connectivity index (χ2v) is 6.51. The molecule has 4 nitrogen and oxygen atoms in total. The standard InChI is InChI=1S/C20H20FN3O/c21-18-9-5-4-8-16(18)13-24-11-10-17(14-24)20-23-22-19(25-20)12-15-6-2-1-3-7-15/h1-9,17H,10-14H2. The molecule has 1 aromatic heterocycles. The van der Waals surface area contributed by atoms with Gasteiger partial charge < -0.3 is 4.42 Å². The van der Waals surface area contributed by atoms with Crippen molar-refractivity contribution in [2.45, 2.75) is 25.3 Å². The summed E-state index contributed by atoms with van der Waals surface area (Å²) in [5, 5.41) is 8.42. The third-order valence-corrected chi connectivity index (χ3v) is 4.65. The minimum absolute atomic E-state index is 0.145. The van der Waals surface area contributed by atoms with Crippen LogP contribution in [0.15, 0.2) is 59.0 Å². The lowest BCUT2D eigenvalue weighted by atomic mass is 10.1. The van der Waals surface area contributed by atoms with Gasteiger partial charge in [-0.3, -0.25) is 4.90 Å². The van der Waals surface area contributed by atoms with E-state index in [4.69, 9.17) is 4.42 Å². The second-order valence-electron chi connectivity index (χ2n) is 6.51. The third-order valence-electron chi connectivity index (χ3n) is 4.65. The highest BCUT2D eigenvalue weighted by molar-refractivity contribution is 5.19. The van der Waals surface area contributed by atoms with Crippen molar-refractivity contribution in [2.75, 3.05) is 13.1 Å². The lowest BCUT2D eigenvalue weighted by Gasteiger charge is -2.15. The average Bonchev–Trinajstić information content (AvgIpc) is 3.27. The van der Waals surface area contributed by atoms with Crippen LogP contribution in [0.2, 0.25) is 0 Å². The summed E-state index contributed by atoms with van der Waals surface area (Å²) in [4.78, 5) is 2.24. The Balaban J connectivity index is 1.38. The molecule has 1 atom stereocenters. The summed E-state index contributed by atoms with van der Waals surface area (Å²) < 4.78 is 19.7. The molecule has 0 N–H and O–H groups in total. The molecule has 25 heavy (non-hydrogen) atoms. The van der Waals surface area contributed by atoms with Crippen LogP contribution in [0.5, 0.6) is 0 Å². The van der Waals surface area contributed by atoms with Crippen LogP contribution in [0.1, 0.15) is 35.2 Å². The summed E-state index contributed by atoms with van der Waals surface area (Å²) in [5.74, 6) is 1.42. The van der Waals surface area contributed by atoms with E-state index in [1.807, 2.05) is 30.3 Å². The molecule has 1 aliphatic rings. The minimum atomic E-state index is -0.145. The van der Waals surface area contributed by atoms with Crippen molar-refractivity contribution in [1.82, 2.24) is 15.1 Å². The van der Waals surface area contributed by atoms with E-state index in [2.05, 4.69) is 27.2 Å². The normalized spacial score (nSPS) is 17.9. The quantitative estimate of drug-likeness (QED) is 0.710. The topological polar surface area (TPSA) is 42.2 Å². The molecule has 0 aliphatic carbocycles. The van der Waals surface area contributed by atoms with Crippen molar-refractivity contribution in [3.63, 3.8) is 0 Å². The number of aromatic nitrogens is 2. The second kappa shape index (κ2) is 7.15. The summed E-state index contributed by atoms with van der Waals surface area (Å²) in [6.45, 7) is 2.35. The van der Waals surface area contributed by atoms with Gasteiger partial charge in [-0.15, -0.1) is 10.2 Å². The Bertz CT molecular complexity index is 834. The van der Waals surface area contributed by atoms with Gasteiger partial charge in [-0.1, -0.05) is 48.5 Å². The maximum atomic E-state index is 13.8. The summed E-state index contributed by atoms with van der Waals surface area (Å²) in [7, 11) is 0. The molecule has 128 valence electrons. The predicted molar refractivity (Wildman–Crippen MR) is 92.6 cm³/mol. The van der Waals surface area contributed by atoms with E-state index in [0.29, 0.717) is 24.7 Å². The number of likely N-dealkylation sites (tertiary alicyclic amines) is 1. The van der Waals surface area contributed by atoms with E-state index in [1.54, 1.807) is 6.07 Å². The summed E-state index contributed by atoms with van der Waals surface area (Å²) in [6.07, 6.45) is 1.61. The maximum absolute atomic E-state index is 13.8. The SMILES string of the molecule is Fc1ccccc1CN1CCC(c2nnc(Cc3ccccc3)o2)C1. The van der Waals surface area contributed by atoms with E-state index >= 15 is 0 Å².